The van der Waals surface area contributed by atoms with E-state index in [2.05, 4.69) is 118 Å². The van der Waals surface area contributed by atoms with E-state index in [9.17, 15) is 0 Å². The molecule has 2 nitrogen and oxygen atoms in total. The van der Waals surface area contributed by atoms with Gasteiger partial charge in [-0.05, 0) is 102 Å². The lowest BCUT2D eigenvalue weighted by atomic mass is 9.62. The Morgan fingerprint density at radius 3 is 1.20 bits per heavy atom. The summed E-state index contributed by atoms with van der Waals surface area (Å²) in [5.74, 6) is 1.67. The van der Waals surface area contributed by atoms with Gasteiger partial charge in [0, 0.05) is 28.6 Å². The number of nitrogen functional groups attached to an aromatic ring is 2. The molecule has 4 aromatic rings. The maximum absolute atomic E-state index is 6.11. The van der Waals surface area contributed by atoms with Gasteiger partial charge >= 0.3 is 0 Å². The van der Waals surface area contributed by atoms with Crippen LogP contribution in [0.5, 0.6) is 0 Å². The van der Waals surface area contributed by atoms with Crippen LogP contribution in [0.2, 0.25) is 0 Å². The third-order valence-corrected chi connectivity index (χ3v) is 12.3. The van der Waals surface area contributed by atoms with Crippen molar-refractivity contribution in [2.45, 2.75) is 154 Å². The standard InChI is InChI=1S/C49H68N2/c1-4-7-10-13-16-47(41-22-30-45(50)31-23-41)39-18-26-43(27-19-39)49(36-34-38(35-37-49)15-12-9-6-3)44-28-20-40(21-29-44)48(17-14-11-8-5-2)42-24-32-46(51)33-25-42/h18-33,38,47-48H,4-17,34-37,50-51H2,1-3H3. The predicted molar refractivity (Wildman–Crippen MR) is 223 cm³/mol. The van der Waals surface area contributed by atoms with Crippen LogP contribution in [0, 0.1) is 5.92 Å². The molecule has 1 fully saturated rings. The van der Waals surface area contributed by atoms with Gasteiger partial charge in [-0.3, -0.25) is 0 Å². The lowest BCUT2D eigenvalue weighted by Crippen LogP contribution is -2.33. The highest BCUT2D eigenvalue weighted by molar-refractivity contribution is 5.47. The Bertz CT molecular complexity index is 1420. The Morgan fingerprint density at radius 2 is 0.824 bits per heavy atom. The van der Waals surface area contributed by atoms with Crippen molar-refractivity contribution in [1.29, 1.82) is 0 Å². The summed E-state index contributed by atoms with van der Waals surface area (Å²) in [6, 6.07) is 37.2. The number of hydrogen-bond donors (Lipinski definition) is 2. The summed E-state index contributed by atoms with van der Waals surface area (Å²) in [6.45, 7) is 6.92. The molecule has 4 aromatic carbocycles. The Balaban J connectivity index is 1.44. The smallest absolute Gasteiger partial charge is 0.0314 e. The van der Waals surface area contributed by atoms with Gasteiger partial charge in [0.1, 0.15) is 0 Å². The molecule has 0 bridgehead atoms. The van der Waals surface area contributed by atoms with Gasteiger partial charge in [0.2, 0.25) is 0 Å². The zero-order valence-corrected chi connectivity index (χ0v) is 32.4. The van der Waals surface area contributed by atoms with Crippen molar-refractivity contribution in [3.05, 3.63) is 130 Å². The number of hydrogen-bond acceptors (Lipinski definition) is 2. The minimum atomic E-state index is 0.0634. The molecule has 51 heavy (non-hydrogen) atoms. The van der Waals surface area contributed by atoms with Crippen molar-refractivity contribution in [2.75, 3.05) is 11.5 Å². The summed E-state index contributed by atoms with van der Waals surface area (Å²) in [4.78, 5) is 0. The van der Waals surface area contributed by atoms with E-state index >= 15 is 0 Å². The van der Waals surface area contributed by atoms with E-state index < -0.39 is 0 Å². The number of anilines is 2. The lowest BCUT2D eigenvalue weighted by Gasteiger charge is -2.42. The SMILES string of the molecule is CCCCCCC(c1ccc(N)cc1)c1ccc(C2(c3ccc(C(CCCCCC)c4ccc(N)cc4)cc3)CCC(CCCCC)CC2)cc1. The zero-order valence-electron chi connectivity index (χ0n) is 32.4. The molecule has 0 aliphatic heterocycles. The highest BCUT2D eigenvalue weighted by Gasteiger charge is 2.38. The number of rotatable bonds is 20. The summed E-state index contributed by atoms with van der Waals surface area (Å²) in [5, 5.41) is 0. The minimum absolute atomic E-state index is 0.0634. The molecule has 0 amide bonds. The summed E-state index contributed by atoms with van der Waals surface area (Å²) in [6.07, 6.45) is 23.2. The molecule has 2 unspecified atom stereocenters. The van der Waals surface area contributed by atoms with Gasteiger partial charge in [-0.15, -0.1) is 0 Å². The van der Waals surface area contributed by atoms with Crippen LogP contribution < -0.4 is 11.5 Å². The first kappa shape index (κ1) is 38.7. The predicted octanol–water partition coefficient (Wildman–Crippen LogP) is 14.1. The molecule has 0 heterocycles. The fraction of sp³-hybridized carbons (Fsp3) is 0.510. The molecule has 1 saturated carbocycles. The van der Waals surface area contributed by atoms with Crippen LogP contribution in [0.25, 0.3) is 0 Å². The molecule has 0 spiro atoms. The summed E-state index contributed by atoms with van der Waals surface area (Å²) < 4.78 is 0. The second-order valence-electron chi connectivity index (χ2n) is 15.9. The third-order valence-electron chi connectivity index (χ3n) is 12.3. The van der Waals surface area contributed by atoms with E-state index in [4.69, 9.17) is 11.5 Å². The van der Waals surface area contributed by atoms with Crippen molar-refractivity contribution < 1.29 is 0 Å². The molecule has 2 heteroatoms. The van der Waals surface area contributed by atoms with Crippen LogP contribution in [0.4, 0.5) is 11.4 Å². The van der Waals surface area contributed by atoms with Gasteiger partial charge in [-0.2, -0.15) is 0 Å². The summed E-state index contributed by atoms with van der Waals surface area (Å²) in [5.41, 5.74) is 22.6. The van der Waals surface area contributed by atoms with Gasteiger partial charge in [0.15, 0.2) is 0 Å². The highest BCUT2D eigenvalue weighted by atomic mass is 14.5. The van der Waals surface area contributed by atoms with Crippen LogP contribution in [0.15, 0.2) is 97.1 Å². The maximum Gasteiger partial charge on any atom is 0.0314 e. The number of unbranched alkanes of at least 4 members (excludes halogenated alkanes) is 8. The first-order chi connectivity index (χ1) is 25.0. The number of nitrogens with two attached hydrogens (primary N) is 2. The van der Waals surface area contributed by atoms with Crippen molar-refractivity contribution in [2.24, 2.45) is 5.92 Å². The highest BCUT2D eigenvalue weighted by Crippen LogP contribution is 2.48. The van der Waals surface area contributed by atoms with Gasteiger partial charge in [0.05, 0.1) is 0 Å². The molecular weight excluding hydrogens is 617 g/mol. The van der Waals surface area contributed by atoms with Crippen molar-refractivity contribution in [1.82, 2.24) is 0 Å². The summed E-state index contributed by atoms with van der Waals surface area (Å²) in [7, 11) is 0. The van der Waals surface area contributed by atoms with E-state index in [1.807, 2.05) is 0 Å². The van der Waals surface area contributed by atoms with Crippen LogP contribution >= 0.6 is 0 Å². The maximum atomic E-state index is 6.11. The van der Waals surface area contributed by atoms with Crippen molar-refractivity contribution in [3.8, 4) is 0 Å². The fourth-order valence-electron chi connectivity index (χ4n) is 9.01. The normalized spacial score (nSPS) is 18.8. The van der Waals surface area contributed by atoms with E-state index in [0.717, 1.165) is 17.3 Å². The molecule has 0 radical (unpaired) electrons. The second-order valence-corrected chi connectivity index (χ2v) is 15.9. The summed E-state index contributed by atoms with van der Waals surface area (Å²) >= 11 is 0. The Hall–Kier alpha value is -3.52. The number of benzene rings is 4. The monoisotopic (exact) mass is 685 g/mol. The topological polar surface area (TPSA) is 52.0 Å². The zero-order chi connectivity index (χ0) is 35.9. The Labute approximate surface area is 311 Å². The third kappa shape index (κ3) is 10.5. The molecule has 5 rings (SSSR count). The molecule has 274 valence electrons. The van der Waals surface area contributed by atoms with Crippen molar-refractivity contribution >= 4 is 11.4 Å². The molecule has 1 aliphatic carbocycles. The van der Waals surface area contributed by atoms with E-state index in [1.165, 1.54) is 149 Å². The van der Waals surface area contributed by atoms with Gasteiger partial charge in [0.25, 0.3) is 0 Å². The van der Waals surface area contributed by atoms with Crippen LogP contribution in [0.1, 0.15) is 182 Å². The first-order valence-electron chi connectivity index (χ1n) is 20.9. The quantitative estimate of drug-likeness (QED) is 0.0719. The molecule has 2 atom stereocenters. The van der Waals surface area contributed by atoms with E-state index in [-0.39, 0.29) is 5.41 Å². The van der Waals surface area contributed by atoms with Crippen LogP contribution in [0.3, 0.4) is 0 Å². The van der Waals surface area contributed by atoms with Gasteiger partial charge < -0.3 is 11.5 Å². The molecule has 1 aliphatic rings. The fourth-order valence-corrected chi connectivity index (χ4v) is 9.01. The second kappa shape index (κ2) is 19.9. The van der Waals surface area contributed by atoms with Gasteiger partial charge in [-0.25, -0.2) is 0 Å². The molecule has 0 aromatic heterocycles. The Morgan fingerprint density at radius 1 is 0.471 bits per heavy atom. The first-order valence-corrected chi connectivity index (χ1v) is 20.9. The van der Waals surface area contributed by atoms with Crippen molar-refractivity contribution in [3.63, 3.8) is 0 Å². The molecule has 4 N–H and O–H groups in total. The van der Waals surface area contributed by atoms with Gasteiger partial charge in [-0.1, -0.05) is 171 Å². The lowest BCUT2D eigenvalue weighted by molar-refractivity contribution is 0.250. The molecular formula is C49H68N2. The van der Waals surface area contributed by atoms with Crippen LogP contribution in [-0.2, 0) is 5.41 Å². The molecule has 0 saturated heterocycles. The average molecular weight is 685 g/mol. The minimum Gasteiger partial charge on any atom is -0.399 e. The Kier molecular flexibility index (Phi) is 15.1. The van der Waals surface area contributed by atoms with E-state index in [0.29, 0.717) is 11.8 Å². The average Bonchev–Trinajstić information content (AvgIpc) is 3.17. The largest absolute Gasteiger partial charge is 0.399 e. The van der Waals surface area contributed by atoms with E-state index in [1.54, 1.807) is 0 Å². The van der Waals surface area contributed by atoms with Crippen LogP contribution in [-0.4, -0.2) is 0 Å².